The Hall–Kier alpha value is -3.19. The van der Waals surface area contributed by atoms with Gasteiger partial charge in [-0.1, -0.05) is 25.1 Å². The monoisotopic (exact) mass is 382 g/mol. The van der Waals surface area contributed by atoms with Crippen molar-refractivity contribution in [2.45, 2.75) is 26.3 Å². The van der Waals surface area contributed by atoms with E-state index in [2.05, 4.69) is 10.6 Å². The highest BCUT2D eigenvalue weighted by Crippen LogP contribution is 2.15. The van der Waals surface area contributed by atoms with Crippen LogP contribution in [-0.2, 0) is 16.0 Å². The van der Waals surface area contributed by atoms with Gasteiger partial charge in [0.2, 0.25) is 17.7 Å². The molecule has 0 aliphatic carbocycles. The van der Waals surface area contributed by atoms with Gasteiger partial charge in [-0.25, -0.2) is 0 Å². The number of hydrogen-bond donors (Lipinski definition) is 3. The Bertz CT molecular complexity index is 849. The van der Waals surface area contributed by atoms with Crippen molar-refractivity contribution in [2.75, 3.05) is 24.2 Å². The van der Waals surface area contributed by atoms with E-state index in [0.29, 0.717) is 11.3 Å². The topological polar surface area (TPSA) is 105 Å². The number of rotatable bonds is 8. The number of nitrogens with two attached hydrogens (primary N) is 1. The van der Waals surface area contributed by atoms with E-state index in [9.17, 15) is 14.4 Å². The minimum atomic E-state index is -0.526. The molecule has 0 aliphatic rings. The molecule has 148 valence electrons. The van der Waals surface area contributed by atoms with Crippen molar-refractivity contribution in [3.63, 3.8) is 0 Å². The first-order valence-electron chi connectivity index (χ1n) is 9.10. The Morgan fingerprint density at radius 1 is 1.04 bits per heavy atom. The lowest BCUT2D eigenvalue weighted by Gasteiger charge is -2.23. The van der Waals surface area contributed by atoms with Gasteiger partial charge < -0.3 is 16.4 Å². The zero-order valence-electron chi connectivity index (χ0n) is 16.4. The number of hydrogen-bond acceptors (Lipinski definition) is 4. The zero-order valence-corrected chi connectivity index (χ0v) is 16.4. The molecule has 0 fully saturated rings. The molecule has 0 aromatic heterocycles. The summed E-state index contributed by atoms with van der Waals surface area (Å²) in [6.07, 6.45) is 0.819. The van der Waals surface area contributed by atoms with E-state index in [0.717, 1.165) is 17.7 Å². The first kappa shape index (κ1) is 21.1. The fourth-order valence-corrected chi connectivity index (χ4v) is 2.67. The lowest BCUT2D eigenvalue weighted by Crippen LogP contribution is -2.43. The van der Waals surface area contributed by atoms with Crippen LogP contribution in [0.5, 0.6) is 0 Å². The summed E-state index contributed by atoms with van der Waals surface area (Å²) in [5.41, 5.74) is 7.97. The van der Waals surface area contributed by atoms with Crippen LogP contribution in [-0.4, -0.2) is 42.3 Å². The largest absolute Gasteiger partial charge is 0.366 e. The molecule has 0 unspecified atom stereocenters. The van der Waals surface area contributed by atoms with E-state index in [1.165, 1.54) is 0 Å². The first-order valence-corrected chi connectivity index (χ1v) is 9.10. The summed E-state index contributed by atoms with van der Waals surface area (Å²) in [5, 5.41) is 5.66. The number of amides is 3. The number of primary amides is 1. The van der Waals surface area contributed by atoms with Crippen LogP contribution < -0.4 is 16.4 Å². The number of aryl methyl sites for hydroxylation is 1. The van der Waals surface area contributed by atoms with Gasteiger partial charge >= 0.3 is 0 Å². The van der Waals surface area contributed by atoms with Gasteiger partial charge in [0.1, 0.15) is 0 Å². The maximum atomic E-state index is 12.4. The Morgan fingerprint density at radius 3 is 2.29 bits per heavy atom. The Morgan fingerprint density at radius 2 is 1.68 bits per heavy atom. The van der Waals surface area contributed by atoms with E-state index in [1.54, 1.807) is 43.1 Å². The predicted octanol–water partition coefficient (Wildman–Crippen LogP) is 2.25. The van der Waals surface area contributed by atoms with Crippen LogP contribution >= 0.6 is 0 Å². The molecular formula is C21H26N4O3. The maximum absolute atomic E-state index is 12.4. The number of benzene rings is 2. The number of carbonyl (C=O) groups is 3. The summed E-state index contributed by atoms with van der Waals surface area (Å²) >= 11 is 0. The van der Waals surface area contributed by atoms with E-state index in [4.69, 9.17) is 5.73 Å². The van der Waals surface area contributed by atoms with Crippen LogP contribution in [0.15, 0.2) is 48.5 Å². The minimum Gasteiger partial charge on any atom is -0.366 e. The van der Waals surface area contributed by atoms with Crippen molar-refractivity contribution in [3.05, 3.63) is 59.7 Å². The van der Waals surface area contributed by atoms with Crippen molar-refractivity contribution in [2.24, 2.45) is 5.73 Å². The lowest BCUT2D eigenvalue weighted by atomic mass is 10.1. The minimum absolute atomic E-state index is 0.0766. The maximum Gasteiger partial charge on any atom is 0.248 e. The van der Waals surface area contributed by atoms with Crippen LogP contribution in [0.25, 0.3) is 0 Å². The average molecular weight is 382 g/mol. The zero-order chi connectivity index (χ0) is 20.7. The molecule has 0 heterocycles. The highest BCUT2D eigenvalue weighted by atomic mass is 16.2. The van der Waals surface area contributed by atoms with Crippen LogP contribution in [0.4, 0.5) is 11.4 Å². The second-order valence-electron chi connectivity index (χ2n) is 6.58. The summed E-state index contributed by atoms with van der Waals surface area (Å²) in [6.45, 7) is 3.83. The Balaban J connectivity index is 1.91. The van der Waals surface area contributed by atoms with Gasteiger partial charge in [0.15, 0.2) is 0 Å². The normalized spacial score (nSPS) is 11.7. The van der Waals surface area contributed by atoms with Gasteiger partial charge in [0, 0.05) is 16.9 Å². The highest BCUT2D eigenvalue weighted by molar-refractivity contribution is 5.97. The molecule has 3 amide bonds. The van der Waals surface area contributed by atoms with Gasteiger partial charge in [-0.3, -0.25) is 19.3 Å². The highest BCUT2D eigenvalue weighted by Gasteiger charge is 2.20. The van der Waals surface area contributed by atoms with Crippen LogP contribution in [0, 0.1) is 0 Å². The second-order valence-corrected chi connectivity index (χ2v) is 6.58. The van der Waals surface area contributed by atoms with Gasteiger partial charge in [-0.05, 0) is 56.3 Å². The molecule has 2 rings (SSSR count). The number of likely N-dealkylation sites (N-methyl/N-ethyl adjacent to an activating group) is 1. The second kappa shape index (κ2) is 9.66. The Labute approximate surface area is 164 Å². The van der Waals surface area contributed by atoms with Crippen molar-refractivity contribution in [3.8, 4) is 0 Å². The molecule has 2 aromatic rings. The molecule has 28 heavy (non-hydrogen) atoms. The molecule has 0 bridgehead atoms. The molecule has 0 saturated carbocycles. The fraction of sp³-hybridized carbons (Fsp3) is 0.286. The van der Waals surface area contributed by atoms with Crippen LogP contribution in [0.1, 0.15) is 29.8 Å². The van der Waals surface area contributed by atoms with Gasteiger partial charge in [0.05, 0.1) is 12.6 Å². The van der Waals surface area contributed by atoms with Crippen molar-refractivity contribution in [1.29, 1.82) is 0 Å². The van der Waals surface area contributed by atoms with E-state index < -0.39 is 11.9 Å². The Kier molecular flexibility index (Phi) is 7.28. The molecular weight excluding hydrogens is 356 g/mol. The average Bonchev–Trinajstić information content (AvgIpc) is 2.68. The summed E-state index contributed by atoms with van der Waals surface area (Å²) in [4.78, 5) is 37.5. The first-order chi connectivity index (χ1) is 13.3. The fourth-order valence-electron chi connectivity index (χ4n) is 2.67. The van der Waals surface area contributed by atoms with Crippen LogP contribution in [0.2, 0.25) is 0 Å². The quantitative estimate of drug-likeness (QED) is 0.651. The number of nitrogens with one attached hydrogen (secondary N) is 2. The number of para-hydroxylation sites is 1. The van der Waals surface area contributed by atoms with E-state index in [1.807, 2.05) is 31.2 Å². The third kappa shape index (κ3) is 5.65. The summed E-state index contributed by atoms with van der Waals surface area (Å²) in [7, 11) is 1.71. The number of anilines is 2. The molecule has 2 aromatic carbocycles. The molecule has 0 spiro atoms. The molecule has 0 aliphatic heterocycles. The summed E-state index contributed by atoms with van der Waals surface area (Å²) in [6, 6.07) is 13.4. The van der Waals surface area contributed by atoms with Gasteiger partial charge in [-0.2, -0.15) is 0 Å². The molecule has 7 heteroatoms. The lowest BCUT2D eigenvalue weighted by molar-refractivity contribution is -0.122. The smallest absolute Gasteiger partial charge is 0.248 e. The molecule has 7 nitrogen and oxygen atoms in total. The molecule has 0 radical (unpaired) electrons. The van der Waals surface area contributed by atoms with E-state index in [-0.39, 0.29) is 18.4 Å². The van der Waals surface area contributed by atoms with Crippen LogP contribution in [0.3, 0.4) is 0 Å². The van der Waals surface area contributed by atoms with Gasteiger partial charge in [0.25, 0.3) is 0 Å². The van der Waals surface area contributed by atoms with Crippen molar-refractivity contribution < 1.29 is 14.4 Å². The standard InChI is InChI=1S/C21H26N4O3/c1-4-15-7-5-6-8-18(15)24-19(26)13-25(3)14(2)21(28)23-17-11-9-16(10-12-17)20(22)27/h5-12,14H,4,13H2,1-3H3,(H2,22,27)(H,23,28)(H,24,26)/t14-/m1/s1. The number of carbonyl (C=O) groups excluding carboxylic acids is 3. The third-order valence-corrected chi connectivity index (χ3v) is 4.54. The number of nitrogens with zero attached hydrogens (tertiary/aromatic N) is 1. The van der Waals surface area contributed by atoms with Crippen molar-refractivity contribution >= 4 is 29.1 Å². The third-order valence-electron chi connectivity index (χ3n) is 4.54. The summed E-state index contributed by atoms with van der Waals surface area (Å²) < 4.78 is 0. The van der Waals surface area contributed by atoms with Crippen molar-refractivity contribution in [1.82, 2.24) is 4.90 Å². The van der Waals surface area contributed by atoms with Gasteiger partial charge in [-0.15, -0.1) is 0 Å². The molecule has 4 N–H and O–H groups in total. The predicted molar refractivity (Wildman–Crippen MR) is 110 cm³/mol. The SMILES string of the molecule is CCc1ccccc1NC(=O)CN(C)[C@H](C)C(=O)Nc1ccc(C(N)=O)cc1. The summed E-state index contributed by atoms with van der Waals surface area (Å²) in [5.74, 6) is -0.966. The molecule has 1 atom stereocenters. The molecule has 0 saturated heterocycles. The van der Waals surface area contributed by atoms with E-state index >= 15 is 0 Å².